The third-order valence-electron chi connectivity index (χ3n) is 2.56. The van der Waals surface area contributed by atoms with Crippen LogP contribution in [0.4, 0.5) is 11.5 Å². The van der Waals surface area contributed by atoms with Crippen LogP contribution in [0.2, 0.25) is 0 Å². The van der Waals surface area contributed by atoms with E-state index < -0.39 is 0 Å². The zero-order valence-corrected chi connectivity index (χ0v) is 9.19. The van der Waals surface area contributed by atoms with Crippen LogP contribution < -0.4 is 11.1 Å². The number of rotatable bonds is 2. The molecular formula is C11H15N3O2. The van der Waals surface area contributed by atoms with Crippen molar-refractivity contribution in [1.29, 1.82) is 0 Å². The van der Waals surface area contributed by atoms with Gasteiger partial charge in [0.1, 0.15) is 11.9 Å². The van der Waals surface area contributed by atoms with E-state index in [1.54, 1.807) is 6.07 Å². The van der Waals surface area contributed by atoms with Gasteiger partial charge in [-0.25, -0.2) is 4.98 Å². The molecular weight excluding hydrogens is 206 g/mol. The molecule has 1 aromatic rings. The maximum atomic E-state index is 11.7. The lowest BCUT2D eigenvalue weighted by Crippen LogP contribution is -2.27. The Balaban J connectivity index is 2.05. The maximum Gasteiger partial charge on any atom is 0.254 e. The van der Waals surface area contributed by atoms with Gasteiger partial charge in [-0.2, -0.15) is 0 Å². The third-order valence-corrected chi connectivity index (χ3v) is 2.56. The van der Waals surface area contributed by atoms with Gasteiger partial charge in [-0.3, -0.25) is 4.79 Å². The molecule has 5 nitrogen and oxygen atoms in total. The number of nitrogens with two attached hydrogens (primary N) is 1. The van der Waals surface area contributed by atoms with Crippen molar-refractivity contribution in [3.63, 3.8) is 0 Å². The quantitative estimate of drug-likeness (QED) is 0.783. The molecule has 0 spiro atoms. The highest BCUT2D eigenvalue weighted by Crippen LogP contribution is 2.17. The Labute approximate surface area is 94.0 Å². The monoisotopic (exact) mass is 221 g/mol. The van der Waals surface area contributed by atoms with Crippen LogP contribution >= 0.6 is 0 Å². The molecule has 2 rings (SSSR count). The molecule has 0 saturated carbocycles. The van der Waals surface area contributed by atoms with Crippen molar-refractivity contribution in [3.8, 4) is 0 Å². The molecule has 1 aromatic heterocycles. The molecule has 1 aliphatic heterocycles. The van der Waals surface area contributed by atoms with Crippen molar-refractivity contribution >= 4 is 17.4 Å². The predicted molar refractivity (Wildman–Crippen MR) is 61.0 cm³/mol. The van der Waals surface area contributed by atoms with Crippen LogP contribution in [0.5, 0.6) is 0 Å². The number of anilines is 2. The number of aryl methyl sites for hydroxylation is 1. The van der Waals surface area contributed by atoms with Gasteiger partial charge >= 0.3 is 0 Å². The van der Waals surface area contributed by atoms with E-state index in [1.807, 2.05) is 6.92 Å². The third kappa shape index (κ3) is 2.30. The van der Waals surface area contributed by atoms with Gasteiger partial charge in [-0.05, 0) is 31.4 Å². The van der Waals surface area contributed by atoms with E-state index in [1.165, 1.54) is 6.20 Å². The average Bonchev–Trinajstić information content (AvgIpc) is 2.75. The van der Waals surface area contributed by atoms with E-state index in [2.05, 4.69) is 10.3 Å². The predicted octanol–water partition coefficient (Wildman–Crippen LogP) is 1.09. The number of carbonyl (C=O) groups is 1. The van der Waals surface area contributed by atoms with Crippen LogP contribution in [0.15, 0.2) is 12.3 Å². The van der Waals surface area contributed by atoms with Gasteiger partial charge in [0.2, 0.25) is 0 Å². The molecule has 86 valence electrons. The summed E-state index contributed by atoms with van der Waals surface area (Å²) in [7, 11) is 0. The molecule has 0 aromatic carbocycles. The number of hydrogen-bond donors (Lipinski definition) is 2. The first-order chi connectivity index (χ1) is 7.66. The van der Waals surface area contributed by atoms with Crippen molar-refractivity contribution in [2.24, 2.45) is 0 Å². The molecule has 0 aliphatic carbocycles. The summed E-state index contributed by atoms with van der Waals surface area (Å²) in [5, 5.41) is 2.75. The van der Waals surface area contributed by atoms with Crippen LogP contribution in [-0.2, 0) is 9.53 Å². The standard InChI is InChI=1S/C11H15N3O2/c1-7-5-8(12)6-13-10(7)14-11(15)9-3-2-4-16-9/h5-6,9H,2-4,12H2,1H3,(H,13,14,15). The second-order valence-corrected chi connectivity index (χ2v) is 3.93. The molecule has 0 bridgehead atoms. The number of nitrogens with one attached hydrogen (secondary N) is 1. The van der Waals surface area contributed by atoms with Gasteiger partial charge in [0.15, 0.2) is 0 Å². The van der Waals surface area contributed by atoms with E-state index in [4.69, 9.17) is 10.5 Å². The Bertz CT molecular complexity index is 400. The number of carbonyl (C=O) groups excluding carboxylic acids is 1. The topological polar surface area (TPSA) is 77.2 Å². The van der Waals surface area contributed by atoms with Gasteiger partial charge in [0.05, 0.1) is 11.9 Å². The number of nitrogens with zero attached hydrogens (tertiary/aromatic N) is 1. The second kappa shape index (κ2) is 4.49. The first-order valence-electron chi connectivity index (χ1n) is 5.31. The lowest BCUT2D eigenvalue weighted by atomic mass is 10.2. The molecule has 5 heteroatoms. The molecule has 16 heavy (non-hydrogen) atoms. The Morgan fingerprint density at radius 3 is 3.12 bits per heavy atom. The van der Waals surface area contributed by atoms with Gasteiger partial charge in [-0.1, -0.05) is 0 Å². The number of pyridine rings is 1. The fourth-order valence-electron chi connectivity index (χ4n) is 1.71. The SMILES string of the molecule is Cc1cc(N)cnc1NC(=O)C1CCCO1. The largest absolute Gasteiger partial charge is 0.397 e. The van der Waals surface area contributed by atoms with Crippen molar-refractivity contribution in [1.82, 2.24) is 4.98 Å². The van der Waals surface area contributed by atoms with E-state index in [0.29, 0.717) is 18.1 Å². The zero-order valence-electron chi connectivity index (χ0n) is 9.19. The molecule has 1 aliphatic rings. The normalized spacial score (nSPS) is 19.7. The Kier molecular flexibility index (Phi) is 3.05. The van der Waals surface area contributed by atoms with Gasteiger partial charge in [-0.15, -0.1) is 0 Å². The fraction of sp³-hybridized carbons (Fsp3) is 0.455. The number of nitrogen functional groups attached to an aromatic ring is 1. The summed E-state index contributed by atoms with van der Waals surface area (Å²) >= 11 is 0. The minimum Gasteiger partial charge on any atom is -0.397 e. The Morgan fingerprint density at radius 2 is 2.50 bits per heavy atom. The molecule has 1 fully saturated rings. The summed E-state index contributed by atoms with van der Waals surface area (Å²) in [6.45, 7) is 2.51. The van der Waals surface area contributed by atoms with Crippen LogP contribution in [0, 0.1) is 6.92 Å². The lowest BCUT2D eigenvalue weighted by Gasteiger charge is -2.11. The van der Waals surface area contributed by atoms with Crippen molar-refractivity contribution in [2.45, 2.75) is 25.9 Å². The molecule has 1 unspecified atom stereocenters. The summed E-state index contributed by atoms with van der Waals surface area (Å²) in [6.07, 6.45) is 2.91. The molecule has 2 heterocycles. The molecule has 1 saturated heterocycles. The smallest absolute Gasteiger partial charge is 0.254 e. The highest BCUT2D eigenvalue weighted by molar-refractivity contribution is 5.94. The van der Waals surface area contributed by atoms with Gasteiger partial charge < -0.3 is 15.8 Å². The average molecular weight is 221 g/mol. The van der Waals surface area contributed by atoms with Crippen molar-refractivity contribution < 1.29 is 9.53 Å². The number of ether oxygens (including phenoxy) is 1. The van der Waals surface area contributed by atoms with E-state index in [9.17, 15) is 4.79 Å². The van der Waals surface area contributed by atoms with Crippen LogP contribution in [0.3, 0.4) is 0 Å². The molecule has 1 atom stereocenters. The maximum absolute atomic E-state index is 11.7. The summed E-state index contributed by atoms with van der Waals surface area (Å²) < 4.78 is 5.29. The fourth-order valence-corrected chi connectivity index (χ4v) is 1.71. The van der Waals surface area contributed by atoms with Crippen LogP contribution in [0.1, 0.15) is 18.4 Å². The summed E-state index contributed by atoms with van der Waals surface area (Å²) in [5.74, 6) is 0.424. The number of aromatic nitrogens is 1. The first kappa shape index (κ1) is 10.9. The van der Waals surface area contributed by atoms with Crippen molar-refractivity contribution in [3.05, 3.63) is 17.8 Å². The first-order valence-corrected chi connectivity index (χ1v) is 5.31. The Morgan fingerprint density at radius 1 is 1.69 bits per heavy atom. The lowest BCUT2D eigenvalue weighted by molar-refractivity contribution is -0.124. The van der Waals surface area contributed by atoms with Gasteiger partial charge in [0, 0.05) is 6.61 Å². The van der Waals surface area contributed by atoms with Crippen LogP contribution in [-0.4, -0.2) is 23.6 Å². The Hall–Kier alpha value is -1.62. The number of hydrogen-bond acceptors (Lipinski definition) is 4. The van der Waals surface area contributed by atoms with Crippen LogP contribution in [0.25, 0.3) is 0 Å². The highest BCUT2D eigenvalue weighted by Gasteiger charge is 2.24. The van der Waals surface area contributed by atoms with Crippen molar-refractivity contribution in [2.75, 3.05) is 17.7 Å². The molecule has 3 N–H and O–H groups in total. The van der Waals surface area contributed by atoms with E-state index >= 15 is 0 Å². The summed E-state index contributed by atoms with van der Waals surface area (Å²) in [4.78, 5) is 15.8. The molecule has 0 radical (unpaired) electrons. The zero-order chi connectivity index (χ0) is 11.5. The minimum absolute atomic E-state index is 0.127. The minimum atomic E-state index is -0.334. The van der Waals surface area contributed by atoms with E-state index in [-0.39, 0.29) is 12.0 Å². The molecule has 1 amide bonds. The summed E-state index contributed by atoms with van der Waals surface area (Å²) in [6, 6.07) is 1.78. The highest BCUT2D eigenvalue weighted by atomic mass is 16.5. The second-order valence-electron chi connectivity index (χ2n) is 3.93. The van der Waals surface area contributed by atoms with Gasteiger partial charge in [0.25, 0.3) is 5.91 Å². The summed E-state index contributed by atoms with van der Waals surface area (Å²) in [5.41, 5.74) is 7.02. The van der Waals surface area contributed by atoms with E-state index in [0.717, 1.165) is 18.4 Å². The number of amides is 1.